The number of amides is 1. The summed E-state index contributed by atoms with van der Waals surface area (Å²) in [6.07, 6.45) is 4.73. The average molecular weight is 367 g/mol. The molecule has 0 N–H and O–H groups in total. The second-order valence-electron chi connectivity index (χ2n) is 7.59. The number of aryl methyl sites for hydroxylation is 1. The molecule has 1 aliphatic rings. The van der Waals surface area contributed by atoms with Crippen LogP contribution in [0.1, 0.15) is 29.2 Å². The van der Waals surface area contributed by atoms with Crippen LogP contribution in [0.25, 0.3) is 0 Å². The predicted molar refractivity (Wildman–Crippen MR) is 108 cm³/mol. The summed E-state index contributed by atoms with van der Waals surface area (Å²) in [5.74, 6) is 0.201. The fraction of sp³-hybridized carbons (Fsp3) is 0.455. The van der Waals surface area contributed by atoms with E-state index < -0.39 is 0 Å². The predicted octanol–water partition coefficient (Wildman–Crippen LogP) is 2.73. The van der Waals surface area contributed by atoms with Gasteiger partial charge in [0.1, 0.15) is 6.04 Å². The highest BCUT2D eigenvalue weighted by Gasteiger charge is 2.29. The Morgan fingerprint density at radius 1 is 1.11 bits per heavy atom. The number of pyridine rings is 1. The van der Waals surface area contributed by atoms with Crippen molar-refractivity contribution in [3.05, 3.63) is 65.5 Å². The van der Waals surface area contributed by atoms with Crippen LogP contribution >= 0.6 is 0 Å². The summed E-state index contributed by atoms with van der Waals surface area (Å²) in [7, 11) is 3.96. The third-order valence-electron chi connectivity index (χ3n) is 5.17. The van der Waals surface area contributed by atoms with E-state index in [9.17, 15) is 4.79 Å². The molecule has 1 fully saturated rings. The lowest BCUT2D eigenvalue weighted by Crippen LogP contribution is -2.42. The molecule has 1 amide bonds. The van der Waals surface area contributed by atoms with Gasteiger partial charge in [-0.05, 0) is 44.6 Å². The van der Waals surface area contributed by atoms with Crippen molar-refractivity contribution < 1.29 is 4.79 Å². The smallest absolute Gasteiger partial charge is 0.244 e. The number of benzene rings is 1. The summed E-state index contributed by atoms with van der Waals surface area (Å²) in [4.78, 5) is 24.0. The van der Waals surface area contributed by atoms with Gasteiger partial charge in [-0.25, -0.2) is 0 Å². The first-order valence-corrected chi connectivity index (χ1v) is 9.67. The van der Waals surface area contributed by atoms with Crippen molar-refractivity contribution in [2.45, 2.75) is 25.9 Å². The molecule has 0 radical (unpaired) electrons. The maximum absolute atomic E-state index is 13.3. The quantitative estimate of drug-likeness (QED) is 0.816. The maximum Gasteiger partial charge on any atom is 0.244 e. The van der Waals surface area contributed by atoms with Crippen molar-refractivity contribution in [2.75, 3.05) is 40.3 Å². The standard InChI is InChI=1S/C22H30N4O/c1-18-7-9-20(10-8-18)21(24(2)3)22(27)26-13-5-12-25(14-15-26)17-19-6-4-11-23-16-19/h4,6-11,16,21H,5,12-15,17H2,1-3H3/t21-/m1/s1. The molecule has 1 saturated heterocycles. The van der Waals surface area contributed by atoms with Crippen LogP contribution in [0.4, 0.5) is 0 Å². The van der Waals surface area contributed by atoms with Gasteiger partial charge in [-0.1, -0.05) is 35.9 Å². The molecule has 0 spiro atoms. The molecule has 2 aromatic rings. The lowest BCUT2D eigenvalue weighted by atomic mass is 10.0. The molecule has 1 aromatic heterocycles. The number of hydrogen-bond acceptors (Lipinski definition) is 4. The summed E-state index contributed by atoms with van der Waals surface area (Å²) >= 11 is 0. The van der Waals surface area contributed by atoms with Crippen molar-refractivity contribution in [3.63, 3.8) is 0 Å². The van der Waals surface area contributed by atoms with Gasteiger partial charge >= 0.3 is 0 Å². The zero-order valence-electron chi connectivity index (χ0n) is 16.6. The Hall–Kier alpha value is -2.24. The van der Waals surface area contributed by atoms with Crippen LogP contribution in [0.15, 0.2) is 48.8 Å². The van der Waals surface area contributed by atoms with Crippen LogP contribution in [0.5, 0.6) is 0 Å². The normalized spacial score (nSPS) is 17.0. The first-order valence-electron chi connectivity index (χ1n) is 9.67. The van der Waals surface area contributed by atoms with Gasteiger partial charge in [0.2, 0.25) is 5.91 Å². The fourth-order valence-electron chi connectivity index (χ4n) is 3.68. The van der Waals surface area contributed by atoms with Gasteiger partial charge in [0.05, 0.1) is 0 Å². The van der Waals surface area contributed by atoms with E-state index in [1.165, 1.54) is 11.1 Å². The molecule has 0 bridgehead atoms. The van der Waals surface area contributed by atoms with Gasteiger partial charge in [0.15, 0.2) is 0 Å². The minimum Gasteiger partial charge on any atom is -0.340 e. The van der Waals surface area contributed by atoms with E-state index in [-0.39, 0.29) is 11.9 Å². The topological polar surface area (TPSA) is 39.7 Å². The van der Waals surface area contributed by atoms with Crippen LogP contribution in [-0.4, -0.2) is 65.9 Å². The van der Waals surface area contributed by atoms with E-state index in [1.807, 2.05) is 36.2 Å². The van der Waals surface area contributed by atoms with Gasteiger partial charge in [-0.3, -0.25) is 19.6 Å². The Morgan fingerprint density at radius 2 is 1.89 bits per heavy atom. The Bertz CT molecular complexity index is 730. The number of nitrogens with zero attached hydrogens (tertiary/aromatic N) is 4. The van der Waals surface area contributed by atoms with Crippen LogP contribution in [0.3, 0.4) is 0 Å². The molecule has 144 valence electrons. The average Bonchev–Trinajstić information content (AvgIpc) is 2.90. The lowest BCUT2D eigenvalue weighted by Gasteiger charge is -2.30. The highest BCUT2D eigenvalue weighted by molar-refractivity contribution is 5.83. The number of likely N-dealkylation sites (N-methyl/N-ethyl adjacent to an activating group) is 1. The SMILES string of the molecule is Cc1ccc([C@H](C(=O)N2CCCN(Cc3cccnc3)CC2)N(C)C)cc1. The highest BCUT2D eigenvalue weighted by Crippen LogP contribution is 2.22. The summed E-state index contributed by atoms with van der Waals surface area (Å²) in [6.45, 7) is 6.46. The van der Waals surface area contributed by atoms with E-state index in [1.54, 1.807) is 6.20 Å². The zero-order valence-corrected chi connectivity index (χ0v) is 16.6. The van der Waals surface area contributed by atoms with Crippen molar-refractivity contribution in [3.8, 4) is 0 Å². The maximum atomic E-state index is 13.3. The van der Waals surface area contributed by atoms with Gasteiger partial charge < -0.3 is 4.90 Å². The third kappa shape index (κ3) is 5.15. The minimum atomic E-state index is -0.226. The molecule has 1 aliphatic heterocycles. The van der Waals surface area contributed by atoms with Gasteiger partial charge in [0, 0.05) is 45.1 Å². The van der Waals surface area contributed by atoms with E-state index in [0.717, 1.165) is 44.7 Å². The Balaban J connectivity index is 1.66. The molecule has 3 rings (SSSR count). The third-order valence-corrected chi connectivity index (χ3v) is 5.17. The molecule has 27 heavy (non-hydrogen) atoms. The molecule has 0 saturated carbocycles. The Kier molecular flexibility index (Phi) is 6.58. The van der Waals surface area contributed by atoms with Crippen LogP contribution < -0.4 is 0 Å². The number of carbonyl (C=O) groups excluding carboxylic acids is 1. The molecular weight excluding hydrogens is 336 g/mol. The van der Waals surface area contributed by atoms with Crippen molar-refractivity contribution in [1.29, 1.82) is 0 Å². The lowest BCUT2D eigenvalue weighted by molar-refractivity contribution is -0.136. The summed E-state index contributed by atoms with van der Waals surface area (Å²) in [5, 5.41) is 0. The van der Waals surface area contributed by atoms with Crippen LogP contribution in [0.2, 0.25) is 0 Å². The Morgan fingerprint density at radius 3 is 2.56 bits per heavy atom. The molecule has 1 atom stereocenters. The summed E-state index contributed by atoms with van der Waals surface area (Å²) < 4.78 is 0. The van der Waals surface area contributed by atoms with Gasteiger partial charge in [-0.15, -0.1) is 0 Å². The van der Waals surface area contributed by atoms with E-state index >= 15 is 0 Å². The van der Waals surface area contributed by atoms with Crippen LogP contribution in [0, 0.1) is 6.92 Å². The van der Waals surface area contributed by atoms with Crippen LogP contribution in [-0.2, 0) is 11.3 Å². The first kappa shape index (κ1) is 19.5. The second kappa shape index (κ2) is 9.11. The van der Waals surface area contributed by atoms with E-state index in [4.69, 9.17) is 0 Å². The second-order valence-corrected chi connectivity index (χ2v) is 7.59. The summed E-state index contributed by atoms with van der Waals surface area (Å²) in [6, 6.07) is 12.2. The van der Waals surface area contributed by atoms with Crippen molar-refractivity contribution >= 4 is 5.91 Å². The number of carbonyl (C=O) groups is 1. The molecule has 5 heteroatoms. The van der Waals surface area contributed by atoms with Gasteiger partial charge in [-0.2, -0.15) is 0 Å². The molecule has 0 unspecified atom stereocenters. The minimum absolute atomic E-state index is 0.201. The van der Waals surface area contributed by atoms with E-state index in [2.05, 4.69) is 47.1 Å². The number of hydrogen-bond donors (Lipinski definition) is 0. The highest BCUT2D eigenvalue weighted by atomic mass is 16.2. The molecule has 1 aromatic carbocycles. The fourth-order valence-corrected chi connectivity index (χ4v) is 3.68. The monoisotopic (exact) mass is 366 g/mol. The zero-order chi connectivity index (χ0) is 19.2. The van der Waals surface area contributed by atoms with Crippen molar-refractivity contribution in [1.82, 2.24) is 19.7 Å². The molecule has 0 aliphatic carbocycles. The van der Waals surface area contributed by atoms with E-state index in [0.29, 0.717) is 0 Å². The number of rotatable bonds is 5. The van der Waals surface area contributed by atoms with Gasteiger partial charge in [0.25, 0.3) is 0 Å². The summed E-state index contributed by atoms with van der Waals surface area (Å²) in [5.41, 5.74) is 3.50. The number of aromatic nitrogens is 1. The molecule has 5 nitrogen and oxygen atoms in total. The largest absolute Gasteiger partial charge is 0.340 e. The Labute approximate surface area is 162 Å². The first-order chi connectivity index (χ1) is 13.0. The molecule has 2 heterocycles. The molecular formula is C22H30N4O. The van der Waals surface area contributed by atoms with Crippen molar-refractivity contribution in [2.24, 2.45) is 0 Å².